The summed E-state index contributed by atoms with van der Waals surface area (Å²) < 4.78 is 0. The fourth-order valence-electron chi connectivity index (χ4n) is 0. The van der Waals surface area contributed by atoms with E-state index in [-0.39, 0.29) is 36.8 Å². The number of hydrogen-bond donors (Lipinski definition) is 2. The summed E-state index contributed by atoms with van der Waals surface area (Å²) in [5.41, 5.74) is 0. The fourth-order valence-corrected chi connectivity index (χ4v) is 0. The van der Waals surface area contributed by atoms with E-state index >= 15 is 0 Å². The molecule has 0 unspecified atom stereocenters. The van der Waals surface area contributed by atoms with Gasteiger partial charge in [-0.3, -0.25) is 0 Å². The van der Waals surface area contributed by atoms with E-state index in [4.69, 9.17) is 10.2 Å². The minimum Gasteiger partial charge on any atom is -0.412 e. The van der Waals surface area contributed by atoms with Crippen LogP contribution in [0.15, 0.2) is 0 Å². The predicted molar refractivity (Wildman–Crippen MR) is 21.1 cm³/mol. The SMILES string of the molecule is CC(O)O.O.O.[Hf]. The van der Waals surface area contributed by atoms with Crippen LogP contribution >= 0.6 is 0 Å². The Hall–Kier alpha value is 0.710. The van der Waals surface area contributed by atoms with Gasteiger partial charge in [0.15, 0.2) is 0 Å². The first-order valence-corrected chi connectivity index (χ1v) is 1.09. The standard InChI is InChI=1S/C2H6O2.Hf.2H2O/c1-2(3)4;;;/h2-4H,1H3;;2*1H2. The van der Waals surface area contributed by atoms with Crippen LogP contribution in [0.25, 0.3) is 0 Å². The summed E-state index contributed by atoms with van der Waals surface area (Å²) in [6.45, 7) is 1.28. The van der Waals surface area contributed by atoms with Gasteiger partial charge in [0.2, 0.25) is 0 Å². The maximum atomic E-state index is 7.61. The van der Waals surface area contributed by atoms with Crippen LogP contribution in [0.2, 0.25) is 0 Å². The van der Waals surface area contributed by atoms with Gasteiger partial charge in [0.25, 0.3) is 0 Å². The summed E-state index contributed by atoms with van der Waals surface area (Å²) in [5.74, 6) is 0. The molecule has 4 nitrogen and oxygen atoms in total. The maximum Gasteiger partial charge on any atom is 0.148 e. The van der Waals surface area contributed by atoms with Crippen molar-refractivity contribution >= 4 is 0 Å². The Balaban J connectivity index is -0.0000000150. The molecule has 0 atom stereocenters. The van der Waals surface area contributed by atoms with Crippen molar-refractivity contribution in [2.45, 2.75) is 13.2 Å². The molecule has 0 aromatic carbocycles. The average molecular weight is 277 g/mol. The summed E-state index contributed by atoms with van der Waals surface area (Å²) >= 11 is 0. The largest absolute Gasteiger partial charge is 0.412 e. The van der Waals surface area contributed by atoms with Crippen molar-refractivity contribution in [2.75, 3.05) is 0 Å². The van der Waals surface area contributed by atoms with Crippen molar-refractivity contribution in [2.24, 2.45) is 0 Å². The second-order valence-electron chi connectivity index (χ2n) is 0.632. The molecule has 0 aliphatic carbocycles. The zero-order valence-electron chi connectivity index (χ0n) is 3.97. The fraction of sp³-hybridized carbons (Fsp3) is 1.00. The van der Waals surface area contributed by atoms with Crippen molar-refractivity contribution in [3.63, 3.8) is 0 Å². The summed E-state index contributed by atoms with van der Waals surface area (Å²) in [4.78, 5) is 0. The summed E-state index contributed by atoms with van der Waals surface area (Å²) in [6.07, 6.45) is -1.17. The van der Waals surface area contributed by atoms with Crippen LogP contribution in [0.3, 0.4) is 0 Å². The predicted octanol–water partition coefficient (Wildman–Crippen LogP) is -2.33. The Morgan fingerprint density at radius 2 is 1.14 bits per heavy atom. The van der Waals surface area contributed by atoms with Crippen LogP contribution in [0.5, 0.6) is 0 Å². The molecule has 0 aromatic rings. The molecule has 0 aliphatic heterocycles. The van der Waals surface area contributed by atoms with Crippen molar-refractivity contribution < 1.29 is 47.0 Å². The first-order chi connectivity index (χ1) is 1.73. The monoisotopic (exact) mass is 278 g/mol. The van der Waals surface area contributed by atoms with E-state index in [9.17, 15) is 0 Å². The Morgan fingerprint density at radius 1 is 1.14 bits per heavy atom. The van der Waals surface area contributed by atoms with E-state index in [1.54, 1.807) is 0 Å². The van der Waals surface area contributed by atoms with Gasteiger partial charge in [-0.2, -0.15) is 0 Å². The molecule has 6 N–H and O–H groups in total. The Kier molecular flexibility index (Phi) is 57.3. The van der Waals surface area contributed by atoms with Crippen molar-refractivity contribution in [3.05, 3.63) is 0 Å². The molecule has 0 saturated heterocycles. The minimum atomic E-state index is -1.17. The van der Waals surface area contributed by atoms with Gasteiger partial charge >= 0.3 is 0 Å². The molecule has 0 amide bonds. The average Bonchev–Trinajstić information content (AvgIpc) is 0.811. The van der Waals surface area contributed by atoms with E-state index in [1.165, 1.54) is 6.92 Å². The zero-order valence-corrected chi connectivity index (χ0v) is 7.56. The molecule has 0 spiro atoms. The van der Waals surface area contributed by atoms with Crippen LogP contribution in [0, 0.1) is 0 Å². The van der Waals surface area contributed by atoms with Crippen LogP contribution in [-0.4, -0.2) is 27.5 Å². The second kappa shape index (κ2) is 15.9. The van der Waals surface area contributed by atoms with Gasteiger partial charge in [-0.1, -0.05) is 0 Å². The van der Waals surface area contributed by atoms with Gasteiger partial charge in [-0.05, 0) is 6.92 Å². The van der Waals surface area contributed by atoms with Crippen LogP contribution in [0.4, 0.5) is 0 Å². The topological polar surface area (TPSA) is 103 Å². The number of rotatable bonds is 0. The molecule has 5 heteroatoms. The van der Waals surface area contributed by atoms with Crippen LogP contribution < -0.4 is 0 Å². The molecule has 46 valence electrons. The second-order valence-corrected chi connectivity index (χ2v) is 0.632. The summed E-state index contributed by atoms with van der Waals surface area (Å²) in [6, 6.07) is 0. The molecule has 0 heterocycles. The third-order valence-electron chi connectivity index (χ3n) is 0. The third kappa shape index (κ3) is 295. The van der Waals surface area contributed by atoms with Gasteiger partial charge in [0, 0.05) is 25.8 Å². The number of hydrogen-bond acceptors (Lipinski definition) is 2. The summed E-state index contributed by atoms with van der Waals surface area (Å²) in [7, 11) is 0. The Bertz CT molecular complexity index is 14.4. The van der Waals surface area contributed by atoms with Crippen LogP contribution in [0.1, 0.15) is 6.92 Å². The zero-order chi connectivity index (χ0) is 3.58. The van der Waals surface area contributed by atoms with Crippen molar-refractivity contribution in [1.82, 2.24) is 0 Å². The molecule has 0 radical (unpaired) electrons. The molecular formula is C2H10HfO4. The van der Waals surface area contributed by atoms with E-state index < -0.39 is 6.29 Å². The summed E-state index contributed by atoms with van der Waals surface area (Å²) in [5, 5.41) is 15.2. The molecular weight excluding hydrogens is 267 g/mol. The smallest absolute Gasteiger partial charge is 0.148 e. The quantitative estimate of drug-likeness (QED) is 0.383. The Labute approximate surface area is 60.6 Å². The molecule has 0 rings (SSSR count). The van der Waals surface area contributed by atoms with Gasteiger partial charge in [-0.25, -0.2) is 0 Å². The molecule has 0 aromatic heterocycles. The first kappa shape index (κ1) is 25.2. The molecule has 0 bridgehead atoms. The Morgan fingerprint density at radius 3 is 1.14 bits per heavy atom. The molecule has 0 fully saturated rings. The number of aliphatic hydroxyl groups is 2. The van der Waals surface area contributed by atoms with E-state index in [2.05, 4.69) is 0 Å². The maximum absolute atomic E-state index is 7.61. The van der Waals surface area contributed by atoms with Crippen molar-refractivity contribution in [1.29, 1.82) is 0 Å². The van der Waals surface area contributed by atoms with Gasteiger partial charge in [-0.15, -0.1) is 0 Å². The molecule has 0 saturated carbocycles. The third-order valence-corrected chi connectivity index (χ3v) is 0. The van der Waals surface area contributed by atoms with E-state index in [0.717, 1.165) is 0 Å². The van der Waals surface area contributed by atoms with E-state index in [0.29, 0.717) is 0 Å². The molecule has 7 heavy (non-hydrogen) atoms. The normalized spacial score (nSPS) is 5.14. The number of aliphatic hydroxyl groups excluding tert-OH is 1. The van der Waals surface area contributed by atoms with Crippen LogP contribution in [-0.2, 0) is 25.8 Å². The van der Waals surface area contributed by atoms with Gasteiger partial charge < -0.3 is 21.2 Å². The van der Waals surface area contributed by atoms with Gasteiger partial charge in [0.05, 0.1) is 0 Å². The molecule has 0 aliphatic rings. The first-order valence-electron chi connectivity index (χ1n) is 1.09. The van der Waals surface area contributed by atoms with E-state index in [1.807, 2.05) is 0 Å². The van der Waals surface area contributed by atoms with Gasteiger partial charge in [0.1, 0.15) is 6.29 Å². The van der Waals surface area contributed by atoms with Crippen molar-refractivity contribution in [3.8, 4) is 0 Å². The minimum absolute atomic E-state index is 0.